The average molecular weight is 751 g/mol. The first-order chi connectivity index (χ1) is 29.3. The van der Waals surface area contributed by atoms with Gasteiger partial charge in [0.25, 0.3) is 0 Å². The minimum atomic E-state index is -0.472. The number of benzene rings is 9. The molecule has 0 unspecified atom stereocenters. The molecule has 0 saturated heterocycles. The molecule has 2 heteroatoms. The van der Waals surface area contributed by atoms with Crippen LogP contribution in [-0.4, -0.2) is 9.97 Å². The molecular formula is C57H38N2. The van der Waals surface area contributed by atoms with Crippen LogP contribution in [0.15, 0.2) is 231 Å². The summed E-state index contributed by atoms with van der Waals surface area (Å²) in [4.78, 5) is 10.6. The van der Waals surface area contributed by atoms with Crippen molar-refractivity contribution in [3.05, 3.63) is 253 Å². The Bertz CT molecular complexity index is 3100. The molecule has 0 radical (unpaired) electrons. The molecule has 1 heterocycles. The number of aromatic nitrogens is 2. The molecule has 1 aromatic heterocycles. The van der Waals surface area contributed by atoms with E-state index in [1.807, 2.05) is 6.07 Å². The summed E-state index contributed by atoms with van der Waals surface area (Å²) in [7, 11) is 0. The van der Waals surface area contributed by atoms with Crippen LogP contribution in [0.4, 0.5) is 0 Å². The zero-order valence-corrected chi connectivity index (χ0v) is 32.3. The Balaban J connectivity index is 1.10. The monoisotopic (exact) mass is 750 g/mol. The third-order valence-corrected chi connectivity index (χ3v) is 12.0. The van der Waals surface area contributed by atoms with Gasteiger partial charge in [0.2, 0.25) is 0 Å². The zero-order chi connectivity index (χ0) is 39.2. The van der Waals surface area contributed by atoms with Crippen molar-refractivity contribution >= 4 is 10.8 Å². The van der Waals surface area contributed by atoms with Crippen LogP contribution in [0.2, 0.25) is 0 Å². The Hall–Kier alpha value is -7.68. The fourth-order valence-electron chi connectivity index (χ4n) is 9.32. The normalized spacial score (nSPS) is 12.5. The molecule has 0 fully saturated rings. The van der Waals surface area contributed by atoms with E-state index in [2.05, 4.69) is 224 Å². The van der Waals surface area contributed by atoms with Crippen molar-refractivity contribution in [2.75, 3.05) is 0 Å². The summed E-state index contributed by atoms with van der Waals surface area (Å²) < 4.78 is 0. The summed E-state index contributed by atoms with van der Waals surface area (Å²) in [5.41, 5.74) is 16.8. The van der Waals surface area contributed by atoms with Crippen molar-refractivity contribution in [2.24, 2.45) is 0 Å². The second-order valence-electron chi connectivity index (χ2n) is 15.3. The molecule has 10 aromatic rings. The quantitative estimate of drug-likeness (QED) is 0.162. The first-order valence-corrected chi connectivity index (χ1v) is 20.2. The van der Waals surface area contributed by atoms with Crippen molar-refractivity contribution < 1.29 is 0 Å². The second-order valence-corrected chi connectivity index (χ2v) is 15.3. The maximum Gasteiger partial charge on any atom is 0.161 e. The minimum absolute atomic E-state index is 0.472. The Morgan fingerprint density at radius 3 is 1.46 bits per heavy atom. The van der Waals surface area contributed by atoms with E-state index < -0.39 is 5.41 Å². The molecule has 1 aliphatic rings. The Morgan fingerprint density at radius 1 is 0.271 bits per heavy atom. The molecule has 276 valence electrons. The highest BCUT2D eigenvalue weighted by Gasteiger charge is 2.46. The van der Waals surface area contributed by atoms with E-state index in [1.54, 1.807) is 0 Å². The summed E-state index contributed by atoms with van der Waals surface area (Å²) in [5.74, 6) is 0.700. The van der Waals surface area contributed by atoms with Gasteiger partial charge < -0.3 is 0 Å². The van der Waals surface area contributed by atoms with Gasteiger partial charge in [-0.1, -0.05) is 206 Å². The fourth-order valence-corrected chi connectivity index (χ4v) is 9.32. The SMILES string of the molecule is c1ccc(-c2cccc(-c3cc(-c4ccccc4)nc(-c4ccc(-c5ccc6c(c5)C(c5ccccc5)(c5ccccc5)c5ccccc5-6)c5ccccc45)n3)c2)cc1. The first-order valence-electron chi connectivity index (χ1n) is 20.2. The molecule has 0 amide bonds. The molecule has 59 heavy (non-hydrogen) atoms. The molecule has 0 saturated carbocycles. The van der Waals surface area contributed by atoms with Crippen molar-refractivity contribution in [3.63, 3.8) is 0 Å². The first kappa shape index (κ1) is 34.6. The average Bonchev–Trinajstić information content (AvgIpc) is 3.62. The maximum atomic E-state index is 5.33. The fraction of sp³-hybridized carbons (Fsp3) is 0.0175. The summed E-state index contributed by atoms with van der Waals surface area (Å²) in [6, 6.07) is 82.9. The standard InChI is InChI=1S/C57H38N2/c1-5-18-39(19-6-1)41-22-17-23-43(36-41)55-38-54(40-20-7-2-8-21-40)58-56(59-55)51-35-34-46(47-28-13-14-29-48(47)51)42-32-33-50-49-30-15-16-31-52(49)57(53(50)37-42,44-24-9-3-10-25-44)45-26-11-4-12-27-45/h1-38H. The van der Waals surface area contributed by atoms with E-state index in [0.29, 0.717) is 5.82 Å². The molecule has 0 aliphatic heterocycles. The summed E-state index contributed by atoms with van der Waals surface area (Å²) >= 11 is 0. The van der Waals surface area contributed by atoms with E-state index >= 15 is 0 Å². The molecule has 2 nitrogen and oxygen atoms in total. The van der Waals surface area contributed by atoms with E-state index in [0.717, 1.165) is 44.4 Å². The van der Waals surface area contributed by atoms with Crippen molar-refractivity contribution in [3.8, 4) is 67.3 Å². The molecule has 0 atom stereocenters. The lowest BCUT2D eigenvalue weighted by molar-refractivity contribution is 0.769. The molecule has 0 N–H and O–H groups in total. The Morgan fingerprint density at radius 2 is 0.763 bits per heavy atom. The van der Waals surface area contributed by atoms with Gasteiger partial charge in [0.1, 0.15) is 0 Å². The van der Waals surface area contributed by atoms with Gasteiger partial charge in [-0.3, -0.25) is 0 Å². The predicted molar refractivity (Wildman–Crippen MR) is 244 cm³/mol. The van der Waals surface area contributed by atoms with E-state index in [1.165, 1.54) is 50.1 Å². The topological polar surface area (TPSA) is 25.8 Å². The third-order valence-electron chi connectivity index (χ3n) is 12.0. The summed E-state index contributed by atoms with van der Waals surface area (Å²) in [5, 5.41) is 2.27. The zero-order valence-electron chi connectivity index (χ0n) is 32.3. The molecule has 11 rings (SSSR count). The van der Waals surface area contributed by atoms with Crippen molar-refractivity contribution in [1.29, 1.82) is 0 Å². The van der Waals surface area contributed by atoms with Crippen LogP contribution in [-0.2, 0) is 5.41 Å². The van der Waals surface area contributed by atoms with Crippen LogP contribution in [0.5, 0.6) is 0 Å². The molecule has 0 spiro atoms. The Labute approximate surface area is 344 Å². The van der Waals surface area contributed by atoms with E-state index in [4.69, 9.17) is 9.97 Å². The molecule has 1 aliphatic carbocycles. The minimum Gasteiger partial charge on any atom is -0.228 e. The van der Waals surface area contributed by atoms with Crippen LogP contribution in [0, 0.1) is 0 Å². The van der Waals surface area contributed by atoms with Gasteiger partial charge in [-0.05, 0) is 90.7 Å². The van der Waals surface area contributed by atoms with Crippen LogP contribution in [0.1, 0.15) is 22.3 Å². The van der Waals surface area contributed by atoms with Crippen molar-refractivity contribution in [1.82, 2.24) is 9.97 Å². The van der Waals surface area contributed by atoms with Crippen LogP contribution in [0.3, 0.4) is 0 Å². The lowest BCUT2D eigenvalue weighted by Crippen LogP contribution is -2.28. The third kappa shape index (κ3) is 5.80. The highest BCUT2D eigenvalue weighted by Crippen LogP contribution is 2.57. The van der Waals surface area contributed by atoms with Crippen LogP contribution >= 0.6 is 0 Å². The number of hydrogen-bond acceptors (Lipinski definition) is 2. The lowest BCUT2D eigenvalue weighted by atomic mass is 9.67. The number of nitrogens with zero attached hydrogens (tertiary/aromatic N) is 2. The van der Waals surface area contributed by atoms with Crippen LogP contribution in [0.25, 0.3) is 78.1 Å². The van der Waals surface area contributed by atoms with Crippen LogP contribution < -0.4 is 0 Å². The Kier molecular flexibility index (Phi) is 8.41. The predicted octanol–water partition coefficient (Wildman–Crippen LogP) is 14.3. The lowest BCUT2D eigenvalue weighted by Gasteiger charge is -2.34. The second kappa shape index (κ2) is 14.4. The van der Waals surface area contributed by atoms with Gasteiger partial charge in [-0.15, -0.1) is 0 Å². The maximum absolute atomic E-state index is 5.33. The number of rotatable bonds is 7. The van der Waals surface area contributed by atoms with E-state index in [9.17, 15) is 0 Å². The number of hydrogen-bond donors (Lipinski definition) is 0. The van der Waals surface area contributed by atoms with Gasteiger partial charge in [0, 0.05) is 16.7 Å². The molecule has 0 bridgehead atoms. The molecule has 9 aromatic carbocycles. The van der Waals surface area contributed by atoms with Gasteiger partial charge >= 0.3 is 0 Å². The van der Waals surface area contributed by atoms with E-state index in [-0.39, 0.29) is 0 Å². The number of fused-ring (bicyclic) bond motifs is 4. The van der Waals surface area contributed by atoms with Gasteiger partial charge in [0.05, 0.1) is 16.8 Å². The van der Waals surface area contributed by atoms with Gasteiger partial charge in [-0.2, -0.15) is 0 Å². The smallest absolute Gasteiger partial charge is 0.161 e. The highest BCUT2D eigenvalue weighted by molar-refractivity contribution is 6.05. The summed E-state index contributed by atoms with van der Waals surface area (Å²) in [6.07, 6.45) is 0. The van der Waals surface area contributed by atoms with Gasteiger partial charge in [-0.25, -0.2) is 9.97 Å². The van der Waals surface area contributed by atoms with Gasteiger partial charge in [0.15, 0.2) is 5.82 Å². The van der Waals surface area contributed by atoms with Crippen molar-refractivity contribution in [2.45, 2.75) is 5.41 Å². The molecular weight excluding hydrogens is 713 g/mol. The largest absolute Gasteiger partial charge is 0.228 e. The highest BCUT2D eigenvalue weighted by atomic mass is 14.9. The summed E-state index contributed by atoms with van der Waals surface area (Å²) in [6.45, 7) is 0.